The van der Waals surface area contributed by atoms with Gasteiger partial charge < -0.3 is 36.1 Å². The molecule has 15 heavy (non-hydrogen) atoms. The molecular weight excluding hydrogens is 210 g/mol. The van der Waals surface area contributed by atoms with Crippen molar-refractivity contribution >= 4 is 12.7 Å². The summed E-state index contributed by atoms with van der Waals surface area (Å²) >= 11 is 0. The number of rotatable bonds is 5. The second-order valence-corrected chi connectivity index (χ2v) is 2.58. The average Bonchev–Trinajstić information content (AvgIpc) is 2.27. The smallest absolute Gasteiger partial charge is 0.249 e. The first-order valence-electron chi connectivity index (χ1n) is 3.83. The van der Waals surface area contributed by atoms with Gasteiger partial charge in [0, 0.05) is 0 Å². The monoisotopic (exact) mass is 225 g/mol. The third kappa shape index (κ3) is 5.40. The highest BCUT2D eigenvalue weighted by molar-refractivity contribution is 5.79. The standard InChI is InChI=1S/C6H13NO6.CH2O/c7-6(13)5(12)4(11)3(10)2(9)1-8;1-2/h2-5,8-12H,1H2,(H2,7,13);1H2. The molecule has 90 valence electrons. The van der Waals surface area contributed by atoms with Crippen LogP contribution < -0.4 is 5.73 Å². The number of aliphatic hydroxyl groups is 5. The minimum absolute atomic E-state index is 0.802. The van der Waals surface area contributed by atoms with Gasteiger partial charge in [0.05, 0.1) is 6.61 Å². The lowest BCUT2D eigenvalue weighted by atomic mass is 10.0. The van der Waals surface area contributed by atoms with Crippen molar-refractivity contribution in [2.24, 2.45) is 5.73 Å². The van der Waals surface area contributed by atoms with Gasteiger partial charge in [-0.05, 0) is 0 Å². The molecule has 0 saturated heterocycles. The lowest BCUT2D eigenvalue weighted by Crippen LogP contribution is -2.50. The molecular formula is C7H15NO7. The van der Waals surface area contributed by atoms with Crippen molar-refractivity contribution in [3.8, 4) is 0 Å². The Morgan fingerprint density at radius 2 is 1.53 bits per heavy atom. The Hall–Kier alpha value is -1.06. The summed E-state index contributed by atoms with van der Waals surface area (Å²) in [5.41, 5.74) is 4.61. The Bertz CT molecular complexity index is 188. The Morgan fingerprint density at radius 3 is 1.80 bits per heavy atom. The van der Waals surface area contributed by atoms with Crippen LogP contribution >= 0.6 is 0 Å². The minimum Gasteiger partial charge on any atom is -0.394 e. The predicted molar refractivity (Wildman–Crippen MR) is 47.4 cm³/mol. The second-order valence-electron chi connectivity index (χ2n) is 2.58. The van der Waals surface area contributed by atoms with E-state index in [0.29, 0.717) is 0 Å². The maximum atomic E-state index is 10.3. The molecule has 0 spiro atoms. The molecule has 0 aliphatic rings. The van der Waals surface area contributed by atoms with Crippen LogP contribution in [0.2, 0.25) is 0 Å². The lowest BCUT2D eigenvalue weighted by Gasteiger charge is -2.23. The van der Waals surface area contributed by atoms with Crippen LogP contribution in [0.1, 0.15) is 0 Å². The van der Waals surface area contributed by atoms with Crippen LogP contribution in [0.25, 0.3) is 0 Å². The van der Waals surface area contributed by atoms with Crippen LogP contribution in [0, 0.1) is 0 Å². The number of carbonyl (C=O) groups is 2. The maximum Gasteiger partial charge on any atom is 0.249 e. The van der Waals surface area contributed by atoms with Gasteiger partial charge in [0.15, 0.2) is 6.10 Å². The minimum atomic E-state index is -1.98. The van der Waals surface area contributed by atoms with Crippen molar-refractivity contribution < 1.29 is 35.1 Å². The summed E-state index contributed by atoms with van der Waals surface area (Å²) < 4.78 is 0. The first-order valence-corrected chi connectivity index (χ1v) is 3.83. The molecule has 8 nitrogen and oxygen atoms in total. The molecule has 1 amide bonds. The summed E-state index contributed by atoms with van der Waals surface area (Å²) in [6, 6.07) is 0. The molecule has 0 bridgehead atoms. The number of hydrogen-bond acceptors (Lipinski definition) is 7. The molecule has 0 aliphatic carbocycles. The Labute approximate surface area is 85.6 Å². The number of amides is 1. The molecule has 0 fully saturated rings. The summed E-state index contributed by atoms with van der Waals surface area (Å²) in [4.78, 5) is 18.3. The van der Waals surface area contributed by atoms with E-state index in [1.54, 1.807) is 0 Å². The van der Waals surface area contributed by atoms with Gasteiger partial charge in [0.2, 0.25) is 5.91 Å². The van der Waals surface area contributed by atoms with Gasteiger partial charge in [-0.15, -0.1) is 0 Å². The molecule has 0 radical (unpaired) electrons. The van der Waals surface area contributed by atoms with Crippen molar-refractivity contribution in [2.75, 3.05) is 6.61 Å². The Balaban J connectivity index is 0. The normalized spacial score (nSPS) is 17.9. The van der Waals surface area contributed by atoms with E-state index in [4.69, 9.17) is 30.3 Å². The quantitative estimate of drug-likeness (QED) is 0.276. The summed E-state index contributed by atoms with van der Waals surface area (Å²) in [5.74, 6) is -1.23. The van der Waals surface area contributed by atoms with Crippen molar-refractivity contribution in [3.05, 3.63) is 0 Å². The highest BCUT2D eigenvalue weighted by atomic mass is 16.4. The molecule has 8 heteroatoms. The molecule has 0 heterocycles. The van der Waals surface area contributed by atoms with Gasteiger partial charge in [-0.25, -0.2) is 0 Å². The first-order chi connectivity index (χ1) is 6.91. The number of hydrogen-bond donors (Lipinski definition) is 6. The molecule has 4 atom stereocenters. The van der Waals surface area contributed by atoms with Crippen LogP contribution in [0.5, 0.6) is 0 Å². The largest absolute Gasteiger partial charge is 0.394 e. The lowest BCUT2D eigenvalue weighted by molar-refractivity contribution is -0.146. The maximum absolute atomic E-state index is 10.3. The van der Waals surface area contributed by atoms with Crippen molar-refractivity contribution in [2.45, 2.75) is 24.4 Å². The van der Waals surface area contributed by atoms with Crippen molar-refractivity contribution in [1.29, 1.82) is 0 Å². The van der Waals surface area contributed by atoms with Crippen LogP contribution in [-0.4, -0.2) is 69.3 Å². The average molecular weight is 225 g/mol. The van der Waals surface area contributed by atoms with Crippen LogP contribution in [0.15, 0.2) is 0 Å². The number of nitrogens with two attached hydrogens (primary N) is 1. The molecule has 0 aromatic carbocycles. The zero-order valence-corrected chi connectivity index (χ0v) is 7.85. The van der Waals surface area contributed by atoms with E-state index in [9.17, 15) is 4.79 Å². The number of primary amides is 1. The summed E-state index contributed by atoms with van der Waals surface area (Å²) in [5, 5.41) is 44.0. The van der Waals surface area contributed by atoms with Crippen molar-refractivity contribution in [1.82, 2.24) is 0 Å². The second kappa shape index (κ2) is 8.26. The molecule has 0 rings (SSSR count). The zero-order valence-electron chi connectivity index (χ0n) is 7.85. The number of aliphatic hydroxyl groups excluding tert-OH is 5. The van der Waals surface area contributed by atoms with Crippen LogP contribution in [0.3, 0.4) is 0 Å². The van der Waals surface area contributed by atoms with E-state index < -0.39 is 36.9 Å². The van der Waals surface area contributed by atoms with E-state index in [0.717, 1.165) is 0 Å². The van der Waals surface area contributed by atoms with E-state index in [2.05, 4.69) is 5.73 Å². The molecule has 0 aromatic heterocycles. The van der Waals surface area contributed by atoms with Gasteiger partial charge in [0.1, 0.15) is 25.1 Å². The Kier molecular flexibility index (Phi) is 9.02. The number of carbonyl (C=O) groups excluding carboxylic acids is 2. The van der Waals surface area contributed by atoms with E-state index in [1.807, 2.05) is 6.79 Å². The van der Waals surface area contributed by atoms with Gasteiger partial charge >= 0.3 is 0 Å². The van der Waals surface area contributed by atoms with Crippen molar-refractivity contribution in [3.63, 3.8) is 0 Å². The molecule has 0 aliphatic heterocycles. The van der Waals surface area contributed by atoms with E-state index >= 15 is 0 Å². The Morgan fingerprint density at radius 1 is 1.13 bits per heavy atom. The van der Waals surface area contributed by atoms with Gasteiger partial charge in [-0.1, -0.05) is 0 Å². The van der Waals surface area contributed by atoms with E-state index in [1.165, 1.54) is 0 Å². The zero-order chi connectivity index (χ0) is 12.6. The first kappa shape index (κ1) is 16.4. The fourth-order valence-corrected chi connectivity index (χ4v) is 0.691. The molecule has 7 N–H and O–H groups in total. The van der Waals surface area contributed by atoms with Gasteiger partial charge in [-0.3, -0.25) is 4.79 Å². The fraction of sp³-hybridized carbons (Fsp3) is 0.714. The van der Waals surface area contributed by atoms with Crippen LogP contribution in [-0.2, 0) is 9.59 Å². The highest BCUT2D eigenvalue weighted by Crippen LogP contribution is 2.04. The van der Waals surface area contributed by atoms with Gasteiger partial charge in [0.25, 0.3) is 0 Å². The molecule has 0 saturated carbocycles. The molecule has 4 unspecified atom stereocenters. The van der Waals surface area contributed by atoms with Crippen LogP contribution in [0.4, 0.5) is 0 Å². The van der Waals surface area contributed by atoms with Gasteiger partial charge in [-0.2, -0.15) is 0 Å². The summed E-state index contributed by atoms with van der Waals surface area (Å²) in [6.07, 6.45) is -7.35. The highest BCUT2D eigenvalue weighted by Gasteiger charge is 2.32. The predicted octanol–water partition coefficient (Wildman–Crippen LogP) is -4.28. The fourth-order valence-electron chi connectivity index (χ4n) is 0.691. The summed E-state index contributed by atoms with van der Waals surface area (Å²) in [6.45, 7) is 1.20. The third-order valence-corrected chi connectivity index (χ3v) is 1.55. The van der Waals surface area contributed by atoms with E-state index in [-0.39, 0.29) is 0 Å². The molecule has 0 aromatic rings. The topological polar surface area (TPSA) is 161 Å². The third-order valence-electron chi connectivity index (χ3n) is 1.55. The summed E-state index contributed by atoms with van der Waals surface area (Å²) in [7, 11) is 0. The SMILES string of the molecule is C=O.NC(=O)C(O)C(O)C(O)C(O)CO.